The summed E-state index contributed by atoms with van der Waals surface area (Å²) in [6, 6.07) is 6.74. The molecule has 2 heterocycles. The van der Waals surface area contributed by atoms with Gasteiger partial charge in [0.15, 0.2) is 0 Å². The van der Waals surface area contributed by atoms with Crippen molar-refractivity contribution in [2.45, 2.75) is 18.5 Å². The standard InChI is InChI=1S/C12H19N3O/c1-13-12(11-4-2-3-5-15-11)8-10-9-16-7-6-14-10/h2-5,10,12-14H,6-9H2,1H3. The average molecular weight is 221 g/mol. The average Bonchev–Trinajstić information content (AvgIpc) is 2.38. The molecule has 1 fully saturated rings. The van der Waals surface area contributed by atoms with Crippen molar-refractivity contribution in [3.63, 3.8) is 0 Å². The molecule has 0 radical (unpaired) electrons. The molecule has 0 bridgehead atoms. The molecule has 2 atom stereocenters. The third-order valence-corrected chi connectivity index (χ3v) is 2.91. The molecule has 1 aromatic rings. The van der Waals surface area contributed by atoms with Crippen LogP contribution in [-0.4, -0.2) is 37.8 Å². The van der Waals surface area contributed by atoms with Crippen LogP contribution in [0.2, 0.25) is 0 Å². The van der Waals surface area contributed by atoms with Gasteiger partial charge in [0.05, 0.1) is 24.9 Å². The molecule has 4 heteroatoms. The van der Waals surface area contributed by atoms with Gasteiger partial charge in [-0.1, -0.05) is 6.07 Å². The van der Waals surface area contributed by atoms with E-state index in [1.54, 1.807) is 0 Å². The first-order valence-corrected chi connectivity index (χ1v) is 5.79. The molecule has 2 N–H and O–H groups in total. The van der Waals surface area contributed by atoms with Crippen molar-refractivity contribution in [3.05, 3.63) is 30.1 Å². The summed E-state index contributed by atoms with van der Waals surface area (Å²) < 4.78 is 5.45. The van der Waals surface area contributed by atoms with E-state index in [1.165, 1.54) is 0 Å². The minimum absolute atomic E-state index is 0.292. The van der Waals surface area contributed by atoms with Gasteiger partial charge in [0.25, 0.3) is 0 Å². The first-order chi connectivity index (χ1) is 7.90. The Morgan fingerprint density at radius 1 is 1.62 bits per heavy atom. The summed E-state index contributed by atoms with van der Waals surface area (Å²) >= 11 is 0. The number of morpholine rings is 1. The molecule has 0 aromatic carbocycles. The second-order valence-electron chi connectivity index (χ2n) is 4.06. The summed E-state index contributed by atoms with van der Waals surface area (Å²) in [5.41, 5.74) is 1.09. The molecule has 1 aromatic heterocycles. The first kappa shape index (κ1) is 11.5. The summed E-state index contributed by atoms with van der Waals surface area (Å²) in [5.74, 6) is 0. The highest BCUT2D eigenvalue weighted by Crippen LogP contribution is 2.16. The fourth-order valence-electron chi connectivity index (χ4n) is 2.02. The minimum atomic E-state index is 0.292. The van der Waals surface area contributed by atoms with E-state index in [9.17, 15) is 0 Å². The number of hydrogen-bond acceptors (Lipinski definition) is 4. The number of hydrogen-bond donors (Lipinski definition) is 2. The van der Waals surface area contributed by atoms with E-state index < -0.39 is 0 Å². The maximum Gasteiger partial charge on any atom is 0.0620 e. The zero-order chi connectivity index (χ0) is 11.2. The van der Waals surface area contributed by atoms with Crippen molar-refractivity contribution < 1.29 is 4.74 Å². The van der Waals surface area contributed by atoms with E-state index in [0.29, 0.717) is 12.1 Å². The van der Waals surface area contributed by atoms with Gasteiger partial charge >= 0.3 is 0 Å². The molecule has 1 aliphatic rings. The monoisotopic (exact) mass is 221 g/mol. The largest absolute Gasteiger partial charge is 0.379 e. The molecule has 2 rings (SSSR count). The van der Waals surface area contributed by atoms with Crippen molar-refractivity contribution >= 4 is 0 Å². The van der Waals surface area contributed by atoms with Crippen LogP contribution in [-0.2, 0) is 4.74 Å². The summed E-state index contributed by atoms with van der Waals surface area (Å²) in [6.07, 6.45) is 2.85. The van der Waals surface area contributed by atoms with Crippen LogP contribution in [0.5, 0.6) is 0 Å². The van der Waals surface area contributed by atoms with Gasteiger partial charge < -0.3 is 15.4 Å². The predicted octanol–water partition coefficient (Wildman–Crippen LogP) is 0.721. The molecular formula is C12H19N3O. The molecule has 1 aliphatic heterocycles. The fourth-order valence-corrected chi connectivity index (χ4v) is 2.02. The van der Waals surface area contributed by atoms with Gasteiger partial charge in [-0.15, -0.1) is 0 Å². The van der Waals surface area contributed by atoms with Crippen LogP contribution in [0, 0.1) is 0 Å². The molecule has 0 aliphatic carbocycles. The van der Waals surface area contributed by atoms with Crippen LogP contribution in [0.3, 0.4) is 0 Å². The summed E-state index contributed by atoms with van der Waals surface area (Å²) in [5, 5.41) is 6.77. The summed E-state index contributed by atoms with van der Waals surface area (Å²) in [4.78, 5) is 4.38. The molecular weight excluding hydrogens is 202 g/mol. The molecule has 16 heavy (non-hydrogen) atoms. The number of rotatable bonds is 4. The van der Waals surface area contributed by atoms with Crippen LogP contribution in [0.1, 0.15) is 18.2 Å². The smallest absolute Gasteiger partial charge is 0.0620 e. The number of aromatic nitrogens is 1. The predicted molar refractivity (Wildman–Crippen MR) is 63.3 cm³/mol. The molecule has 88 valence electrons. The van der Waals surface area contributed by atoms with Crippen molar-refractivity contribution in [2.24, 2.45) is 0 Å². The third kappa shape index (κ3) is 3.01. The Morgan fingerprint density at radius 2 is 2.56 bits per heavy atom. The van der Waals surface area contributed by atoms with E-state index in [0.717, 1.165) is 31.9 Å². The number of pyridine rings is 1. The van der Waals surface area contributed by atoms with Gasteiger partial charge in [0, 0.05) is 18.8 Å². The van der Waals surface area contributed by atoms with Gasteiger partial charge in [0.2, 0.25) is 0 Å². The molecule has 0 saturated carbocycles. The Labute approximate surface area is 96.4 Å². The lowest BCUT2D eigenvalue weighted by atomic mass is 10.0. The first-order valence-electron chi connectivity index (χ1n) is 5.79. The Hall–Kier alpha value is -0.970. The van der Waals surface area contributed by atoms with Crippen molar-refractivity contribution in [3.8, 4) is 0 Å². The zero-order valence-corrected chi connectivity index (χ0v) is 9.65. The highest BCUT2D eigenvalue weighted by Gasteiger charge is 2.19. The van der Waals surface area contributed by atoms with Gasteiger partial charge in [-0.05, 0) is 25.6 Å². The Kier molecular flexibility index (Phi) is 4.27. The van der Waals surface area contributed by atoms with E-state index in [1.807, 2.05) is 25.4 Å². The SMILES string of the molecule is CNC(CC1COCCN1)c1ccccn1. The van der Waals surface area contributed by atoms with E-state index in [4.69, 9.17) is 4.74 Å². The highest BCUT2D eigenvalue weighted by atomic mass is 16.5. The van der Waals surface area contributed by atoms with Crippen LogP contribution >= 0.6 is 0 Å². The van der Waals surface area contributed by atoms with Crippen molar-refractivity contribution in [2.75, 3.05) is 26.8 Å². The minimum Gasteiger partial charge on any atom is -0.379 e. The van der Waals surface area contributed by atoms with Crippen molar-refractivity contribution in [1.82, 2.24) is 15.6 Å². The fraction of sp³-hybridized carbons (Fsp3) is 0.583. The maximum atomic E-state index is 5.45. The Bertz CT molecular complexity index is 298. The lowest BCUT2D eigenvalue weighted by molar-refractivity contribution is 0.0707. The number of nitrogens with one attached hydrogen (secondary N) is 2. The molecule has 4 nitrogen and oxygen atoms in total. The van der Waals surface area contributed by atoms with Crippen LogP contribution < -0.4 is 10.6 Å². The molecule has 0 amide bonds. The van der Waals surface area contributed by atoms with Crippen LogP contribution in [0.15, 0.2) is 24.4 Å². The quantitative estimate of drug-likeness (QED) is 0.786. The molecule has 1 saturated heterocycles. The molecule has 2 unspecified atom stereocenters. The van der Waals surface area contributed by atoms with Gasteiger partial charge in [-0.3, -0.25) is 4.98 Å². The van der Waals surface area contributed by atoms with E-state index in [-0.39, 0.29) is 0 Å². The maximum absolute atomic E-state index is 5.45. The van der Waals surface area contributed by atoms with E-state index in [2.05, 4.69) is 21.7 Å². The third-order valence-electron chi connectivity index (χ3n) is 2.91. The van der Waals surface area contributed by atoms with Crippen LogP contribution in [0.25, 0.3) is 0 Å². The lowest BCUT2D eigenvalue weighted by Gasteiger charge is -2.27. The van der Waals surface area contributed by atoms with Gasteiger partial charge in [-0.25, -0.2) is 0 Å². The summed E-state index contributed by atoms with van der Waals surface area (Å²) in [6.45, 7) is 2.57. The topological polar surface area (TPSA) is 46.2 Å². The van der Waals surface area contributed by atoms with Crippen LogP contribution in [0.4, 0.5) is 0 Å². The highest BCUT2D eigenvalue weighted by molar-refractivity contribution is 5.09. The molecule has 0 spiro atoms. The Balaban J connectivity index is 1.94. The van der Waals surface area contributed by atoms with Crippen molar-refractivity contribution in [1.29, 1.82) is 0 Å². The number of nitrogens with zero attached hydrogens (tertiary/aromatic N) is 1. The summed E-state index contributed by atoms with van der Waals surface area (Å²) in [7, 11) is 1.98. The normalized spacial score (nSPS) is 22.9. The van der Waals surface area contributed by atoms with Gasteiger partial charge in [0.1, 0.15) is 0 Å². The second-order valence-corrected chi connectivity index (χ2v) is 4.06. The zero-order valence-electron chi connectivity index (χ0n) is 9.65. The number of ether oxygens (including phenoxy) is 1. The Morgan fingerprint density at radius 3 is 3.19 bits per heavy atom. The van der Waals surface area contributed by atoms with E-state index >= 15 is 0 Å². The second kappa shape index (κ2) is 5.94. The van der Waals surface area contributed by atoms with Gasteiger partial charge in [-0.2, -0.15) is 0 Å². The lowest BCUT2D eigenvalue weighted by Crippen LogP contribution is -2.43.